The van der Waals surface area contributed by atoms with Crippen LogP contribution in [0.3, 0.4) is 0 Å². The number of aliphatic hydroxyl groups is 1. The second kappa shape index (κ2) is 7.43. The Morgan fingerprint density at radius 3 is 2.35 bits per heavy atom. The van der Waals surface area contributed by atoms with Crippen LogP contribution in [0.1, 0.15) is 46.6 Å². The number of rotatable bonds is 7. The third kappa shape index (κ3) is 4.34. The first-order chi connectivity index (χ1) is 9.43. The summed E-state index contributed by atoms with van der Waals surface area (Å²) in [4.78, 5) is 8.69. The molecule has 0 amide bonds. The van der Waals surface area contributed by atoms with Crippen molar-refractivity contribution >= 4 is 11.6 Å². The second-order valence-electron chi connectivity index (χ2n) is 6.01. The summed E-state index contributed by atoms with van der Waals surface area (Å²) in [6.45, 7) is 11.7. The van der Waals surface area contributed by atoms with E-state index in [2.05, 4.69) is 55.2 Å². The van der Waals surface area contributed by atoms with E-state index in [-0.39, 0.29) is 18.1 Å². The lowest BCUT2D eigenvalue weighted by molar-refractivity contribution is 0.235. The molecule has 1 unspecified atom stereocenters. The SMILES string of the molecule is CCNc1ncnc(NC(CCO)C(C)(C)C)c1CC. The molecule has 0 radical (unpaired) electrons. The standard InChI is InChI=1S/C15H28N4O/c1-6-11-13(16-7-2)17-10-18-14(11)19-12(8-9-20)15(3,4)5/h10,12,20H,6-9H2,1-5H3,(H2,16,17,18,19). The number of hydrogen-bond acceptors (Lipinski definition) is 5. The van der Waals surface area contributed by atoms with E-state index in [1.807, 2.05) is 0 Å². The van der Waals surface area contributed by atoms with Gasteiger partial charge in [-0.2, -0.15) is 0 Å². The van der Waals surface area contributed by atoms with Gasteiger partial charge in [-0.1, -0.05) is 27.7 Å². The van der Waals surface area contributed by atoms with Gasteiger partial charge >= 0.3 is 0 Å². The summed E-state index contributed by atoms with van der Waals surface area (Å²) in [5.41, 5.74) is 1.15. The van der Waals surface area contributed by atoms with Crippen LogP contribution in [0.5, 0.6) is 0 Å². The van der Waals surface area contributed by atoms with Crippen LogP contribution < -0.4 is 10.6 Å². The molecule has 0 bridgehead atoms. The average Bonchev–Trinajstić information content (AvgIpc) is 2.38. The van der Waals surface area contributed by atoms with Gasteiger partial charge < -0.3 is 15.7 Å². The number of nitrogens with one attached hydrogen (secondary N) is 2. The lowest BCUT2D eigenvalue weighted by atomic mass is 9.85. The molecule has 0 fully saturated rings. The molecule has 114 valence electrons. The van der Waals surface area contributed by atoms with Crippen LogP contribution in [-0.4, -0.2) is 34.3 Å². The van der Waals surface area contributed by atoms with Gasteiger partial charge in [0.1, 0.15) is 18.0 Å². The fraction of sp³-hybridized carbons (Fsp3) is 0.733. The predicted octanol–water partition coefficient (Wildman–Crippen LogP) is 2.68. The topological polar surface area (TPSA) is 70.1 Å². The summed E-state index contributed by atoms with van der Waals surface area (Å²) in [7, 11) is 0. The Morgan fingerprint density at radius 2 is 1.85 bits per heavy atom. The van der Waals surface area contributed by atoms with Crippen molar-refractivity contribution in [3.63, 3.8) is 0 Å². The molecule has 20 heavy (non-hydrogen) atoms. The van der Waals surface area contributed by atoms with E-state index in [0.29, 0.717) is 6.42 Å². The van der Waals surface area contributed by atoms with E-state index in [9.17, 15) is 5.11 Å². The summed E-state index contributed by atoms with van der Waals surface area (Å²) in [5, 5.41) is 16.0. The van der Waals surface area contributed by atoms with E-state index in [1.54, 1.807) is 6.33 Å². The molecule has 0 saturated carbocycles. The number of nitrogens with zero attached hydrogens (tertiary/aromatic N) is 2. The van der Waals surface area contributed by atoms with Crippen LogP contribution in [0, 0.1) is 5.41 Å². The summed E-state index contributed by atoms with van der Waals surface area (Å²) in [5.74, 6) is 1.76. The fourth-order valence-electron chi connectivity index (χ4n) is 2.21. The van der Waals surface area contributed by atoms with Crippen LogP contribution in [-0.2, 0) is 6.42 Å². The van der Waals surface area contributed by atoms with E-state index in [1.165, 1.54) is 0 Å². The minimum Gasteiger partial charge on any atom is -0.396 e. The second-order valence-corrected chi connectivity index (χ2v) is 6.01. The number of hydrogen-bond donors (Lipinski definition) is 3. The average molecular weight is 280 g/mol. The zero-order valence-corrected chi connectivity index (χ0v) is 13.3. The van der Waals surface area contributed by atoms with Crippen LogP contribution in [0.15, 0.2) is 6.33 Å². The Hall–Kier alpha value is -1.36. The molecule has 0 aromatic carbocycles. The van der Waals surface area contributed by atoms with Crippen molar-refractivity contribution < 1.29 is 5.11 Å². The highest BCUT2D eigenvalue weighted by Crippen LogP contribution is 2.28. The quantitative estimate of drug-likeness (QED) is 0.716. The summed E-state index contributed by atoms with van der Waals surface area (Å²) >= 11 is 0. The van der Waals surface area contributed by atoms with Gasteiger partial charge in [0.05, 0.1) is 0 Å². The maximum Gasteiger partial charge on any atom is 0.134 e. The smallest absolute Gasteiger partial charge is 0.134 e. The van der Waals surface area contributed by atoms with Crippen LogP contribution in [0.2, 0.25) is 0 Å². The van der Waals surface area contributed by atoms with Crippen LogP contribution in [0.4, 0.5) is 11.6 Å². The molecular weight excluding hydrogens is 252 g/mol. The molecule has 1 aromatic rings. The maximum atomic E-state index is 9.26. The van der Waals surface area contributed by atoms with Crippen molar-refractivity contribution in [1.82, 2.24) is 9.97 Å². The van der Waals surface area contributed by atoms with E-state index in [4.69, 9.17) is 0 Å². The molecule has 1 aromatic heterocycles. The molecule has 3 N–H and O–H groups in total. The maximum absolute atomic E-state index is 9.26. The highest BCUT2D eigenvalue weighted by Gasteiger charge is 2.25. The van der Waals surface area contributed by atoms with Crippen molar-refractivity contribution in [1.29, 1.82) is 0 Å². The summed E-state index contributed by atoms with van der Waals surface area (Å²) in [6, 6.07) is 0.169. The minimum atomic E-state index is 0.0526. The molecule has 1 rings (SSSR count). The van der Waals surface area contributed by atoms with Crippen molar-refractivity contribution in [3.8, 4) is 0 Å². The van der Waals surface area contributed by atoms with Gasteiger partial charge in [0, 0.05) is 24.8 Å². The molecule has 5 nitrogen and oxygen atoms in total. The monoisotopic (exact) mass is 280 g/mol. The largest absolute Gasteiger partial charge is 0.396 e. The normalized spacial score (nSPS) is 13.1. The molecule has 0 spiro atoms. The van der Waals surface area contributed by atoms with Crippen LogP contribution >= 0.6 is 0 Å². The summed E-state index contributed by atoms with van der Waals surface area (Å²) < 4.78 is 0. The third-order valence-electron chi connectivity index (χ3n) is 3.42. The Bertz CT molecular complexity index is 415. The minimum absolute atomic E-state index is 0.0526. The molecule has 0 aliphatic heterocycles. The first kappa shape index (κ1) is 16.7. The molecule has 0 saturated heterocycles. The van der Waals surface area contributed by atoms with Crippen molar-refractivity contribution in [2.45, 2.75) is 53.5 Å². The molecule has 5 heteroatoms. The highest BCUT2D eigenvalue weighted by atomic mass is 16.3. The Labute approximate surface area is 122 Å². The van der Waals surface area contributed by atoms with Crippen molar-refractivity contribution in [2.24, 2.45) is 5.41 Å². The van der Waals surface area contributed by atoms with Crippen molar-refractivity contribution in [3.05, 3.63) is 11.9 Å². The van der Waals surface area contributed by atoms with Gasteiger partial charge in [0.25, 0.3) is 0 Å². The molecule has 0 aliphatic rings. The Kier molecular flexibility index (Phi) is 6.20. The van der Waals surface area contributed by atoms with Gasteiger partial charge in [0.15, 0.2) is 0 Å². The van der Waals surface area contributed by atoms with Gasteiger partial charge in [-0.05, 0) is 25.2 Å². The molecular formula is C15H28N4O. The van der Waals surface area contributed by atoms with Gasteiger partial charge in [-0.15, -0.1) is 0 Å². The lowest BCUT2D eigenvalue weighted by Crippen LogP contribution is -2.35. The first-order valence-electron chi connectivity index (χ1n) is 7.39. The number of aromatic nitrogens is 2. The van der Waals surface area contributed by atoms with Gasteiger partial charge in [0.2, 0.25) is 0 Å². The Morgan fingerprint density at radius 1 is 1.20 bits per heavy atom. The van der Waals surface area contributed by atoms with E-state index < -0.39 is 0 Å². The van der Waals surface area contributed by atoms with E-state index >= 15 is 0 Å². The number of aliphatic hydroxyl groups excluding tert-OH is 1. The molecule has 1 heterocycles. The zero-order chi connectivity index (χ0) is 15.2. The van der Waals surface area contributed by atoms with E-state index in [0.717, 1.165) is 30.2 Å². The van der Waals surface area contributed by atoms with Crippen LogP contribution in [0.25, 0.3) is 0 Å². The first-order valence-corrected chi connectivity index (χ1v) is 7.39. The fourth-order valence-corrected chi connectivity index (χ4v) is 2.21. The third-order valence-corrected chi connectivity index (χ3v) is 3.42. The van der Waals surface area contributed by atoms with Gasteiger partial charge in [-0.3, -0.25) is 0 Å². The van der Waals surface area contributed by atoms with Crippen molar-refractivity contribution in [2.75, 3.05) is 23.8 Å². The molecule has 0 aliphatic carbocycles. The lowest BCUT2D eigenvalue weighted by Gasteiger charge is -2.32. The highest BCUT2D eigenvalue weighted by molar-refractivity contribution is 5.57. The van der Waals surface area contributed by atoms with Gasteiger partial charge in [-0.25, -0.2) is 9.97 Å². The predicted molar refractivity (Wildman–Crippen MR) is 84.1 cm³/mol. The number of anilines is 2. The Balaban J connectivity index is 3.03. The zero-order valence-electron chi connectivity index (χ0n) is 13.3. The molecule has 1 atom stereocenters. The summed E-state index contributed by atoms with van der Waals surface area (Å²) in [6.07, 6.45) is 3.15.